The number of rotatable bonds is 2. The number of fused-ring (bicyclic) bond motifs is 1. The van der Waals surface area contributed by atoms with Crippen LogP contribution >= 0.6 is 0 Å². The largest absolute Gasteiger partial charge is 0.273 e. The lowest BCUT2D eigenvalue weighted by molar-refractivity contribution is -0.722. The maximum absolute atomic E-state index is 12.2. The summed E-state index contributed by atoms with van der Waals surface area (Å²) in [6.45, 7) is 8.99. The van der Waals surface area contributed by atoms with E-state index in [4.69, 9.17) is 0 Å². The highest BCUT2D eigenvalue weighted by molar-refractivity contribution is 5.94. The van der Waals surface area contributed by atoms with Crippen molar-refractivity contribution >= 4 is 11.6 Å². The number of aromatic nitrogens is 1. The Morgan fingerprint density at radius 2 is 2.11 bits per heavy atom. The van der Waals surface area contributed by atoms with Crippen molar-refractivity contribution in [1.82, 2.24) is 5.43 Å². The normalized spacial score (nSPS) is 15.1. The molecule has 0 bridgehead atoms. The molecule has 1 aliphatic heterocycles. The summed E-state index contributed by atoms with van der Waals surface area (Å²) < 4.78 is 2.25. The van der Waals surface area contributed by atoms with Gasteiger partial charge in [0.25, 0.3) is 0 Å². The maximum atomic E-state index is 12.2. The molecule has 0 spiro atoms. The van der Waals surface area contributed by atoms with E-state index in [0.717, 1.165) is 18.7 Å². The van der Waals surface area contributed by atoms with Gasteiger partial charge in [0.2, 0.25) is 11.6 Å². The third kappa shape index (κ3) is 2.25. The topological polar surface area (TPSA) is 36.2 Å². The van der Waals surface area contributed by atoms with Crippen molar-refractivity contribution in [2.75, 3.05) is 11.6 Å². The van der Waals surface area contributed by atoms with Gasteiger partial charge >= 0.3 is 0 Å². The first-order valence-electron chi connectivity index (χ1n) is 6.63. The van der Waals surface area contributed by atoms with Crippen LogP contribution in [0.3, 0.4) is 0 Å². The summed E-state index contributed by atoms with van der Waals surface area (Å²) in [5.74, 6) is 0.119. The van der Waals surface area contributed by atoms with Gasteiger partial charge in [0, 0.05) is 24.9 Å². The molecule has 4 heteroatoms. The summed E-state index contributed by atoms with van der Waals surface area (Å²) in [6, 6.07) is 4.43. The van der Waals surface area contributed by atoms with E-state index in [1.165, 1.54) is 5.69 Å². The first-order valence-corrected chi connectivity index (χ1v) is 6.63. The first kappa shape index (κ1) is 13.0. The van der Waals surface area contributed by atoms with Crippen molar-refractivity contribution in [2.24, 2.45) is 5.92 Å². The fourth-order valence-corrected chi connectivity index (χ4v) is 2.32. The third-order valence-electron chi connectivity index (χ3n) is 3.25. The van der Waals surface area contributed by atoms with Crippen molar-refractivity contribution in [3.63, 3.8) is 0 Å². The Bertz CT molecular complexity index is 454. The highest BCUT2D eigenvalue weighted by Crippen LogP contribution is 2.22. The SMILES string of the molecule is CC(C)C(=O)N1NCCc2c1ccc[n+]2C(C)C. The van der Waals surface area contributed by atoms with E-state index in [1.807, 2.05) is 26.0 Å². The van der Waals surface area contributed by atoms with E-state index >= 15 is 0 Å². The van der Waals surface area contributed by atoms with Crippen LogP contribution < -0.4 is 15.0 Å². The van der Waals surface area contributed by atoms with Crippen molar-refractivity contribution in [3.8, 4) is 0 Å². The molecule has 1 aromatic heterocycles. The minimum absolute atomic E-state index is 0.00356. The third-order valence-corrected chi connectivity index (χ3v) is 3.25. The number of carbonyl (C=O) groups is 1. The van der Waals surface area contributed by atoms with Gasteiger partial charge in [-0.15, -0.1) is 0 Å². The van der Waals surface area contributed by atoms with Crippen LogP contribution in [0.4, 0.5) is 5.69 Å². The van der Waals surface area contributed by atoms with Crippen LogP contribution in [0.15, 0.2) is 18.3 Å². The fourth-order valence-electron chi connectivity index (χ4n) is 2.32. The summed E-state index contributed by atoms with van der Waals surface area (Å²) in [4.78, 5) is 12.2. The second kappa shape index (κ2) is 5.06. The Morgan fingerprint density at radius 1 is 1.39 bits per heavy atom. The van der Waals surface area contributed by atoms with E-state index in [0.29, 0.717) is 6.04 Å². The highest BCUT2D eigenvalue weighted by Gasteiger charge is 2.30. The van der Waals surface area contributed by atoms with E-state index < -0.39 is 0 Å². The first-order chi connectivity index (χ1) is 8.52. The average Bonchev–Trinajstić information content (AvgIpc) is 2.36. The predicted octanol–water partition coefficient (Wildman–Crippen LogP) is 1.60. The van der Waals surface area contributed by atoms with Crippen LogP contribution in [0, 0.1) is 5.92 Å². The molecule has 1 N–H and O–H groups in total. The number of nitrogens with one attached hydrogen (secondary N) is 1. The minimum Gasteiger partial charge on any atom is -0.273 e. The molecular formula is C14H22N3O+. The quantitative estimate of drug-likeness (QED) is 0.807. The maximum Gasteiger partial charge on any atom is 0.244 e. The number of nitrogens with zero attached hydrogens (tertiary/aromatic N) is 2. The van der Waals surface area contributed by atoms with Gasteiger partial charge in [0.15, 0.2) is 12.2 Å². The second-order valence-corrected chi connectivity index (χ2v) is 5.33. The van der Waals surface area contributed by atoms with Gasteiger partial charge in [-0.3, -0.25) is 4.79 Å². The van der Waals surface area contributed by atoms with Gasteiger partial charge in [0.1, 0.15) is 5.69 Å². The number of hydrazine groups is 1. The number of hydrogen-bond acceptors (Lipinski definition) is 2. The average molecular weight is 248 g/mol. The lowest BCUT2D eigenvalue weighted by Crippen LogP contribution is -2.53. The molecule has 0 unspecified atom stereocenters. The molecule has 4 nitrogen and oxygen atoms in total. The molecule has 98 valence electrons. The van der Waals surface area contributed by atoms with Gasteiger partial charge in [-0.2, -0.15) is 4.57 Å². The molecule has 1 aliphatic rings. The zero-order valence-corrected chi connectivity index (χ0v) is 11.6. The van der Waals surface area contributed by atoms with E-state index in [-0.39, 0.29) is 11.8 Å². The second-order valence-electron chi connectivity index (χ2n) is 5.33. The van der Waals surface area contributed by atoms with Gasteiger partial charge in [-0.1, -0.05) is 13.8 Å². The molecule has 2 heterocycles. The Balaban J connectivity index is 2.44. The smallest absolute Gasteiger partial charge is 0.244 e. The molecular weight excluding hydrogens is 226 g/mol. The molecule has 0 saturated heterocycles. The molecule has 0 aromatic carbocycles. The summed E-state index contributed by atoms with van der Waals surface area (Å²) >= 11 is 0. The number of carbonyl (C=O) groups excluding carboxylic acids is 1. The van der Waals surface area contributed by atoms with Gasteiger partial charge < -0.3 is 0 Å². The van der Waals surface area contributed by atoms with Crippen LogP contribution in [-0.2, 0) is 11.2 Å². The summed E-state index contributed by atoms with van der Waals surface area (Å²) in [7, 11) is 0. The zero-order chi connectivity index (χ0) is 13.3. The molecule has 0 saturated carbocycles. The number of amides is 1. The molecule has 0 atom stereocenters. The Labute approximate surface area is 109 Å². The highest BCUT2D eigenvalue weighted by atomic mass is 16.2. The van der Waals surface area contributed by atoms with Crippen LogP contribution in [0.2, 0.25) is 0 Å². The predicted molar refractivity (Wildman–Crippen MR) is 71.1 cm³/mol. The van der Waals surface area contributed by atoms with E-state index in [2.05, 4.69) is 30.0 Å². The zero-order valence-electron chi connectivity index (χ0n) is 11.6. The lowest BCUT2D eigenvalue weighted by Gasteiger charge is -2.29. The number of anilines is 1. The summed E-state index contributed by atoms with van der Waals surface area (Å²) in [5, 5.41) is 1.71. The van der Waals surface area contributed by atoms with Gasteiger partial charge in [-0.05, 0) is 19.9 Å². The van der Waals surface area contributed by atoms with Crippen molar-refractivity contribution in [3.05, 3.63) is 24.0 Å². The van der Waals surface area contributed by atoms with Crippen LogP contribution in [-0.4, -0.2) is 12.5 Å². The van der Waals surface area contributed by atoms with Gasteiger partial charge in [-0.25, -0.2) is 10.4 Å². The molecule has 0 fully saturated rings. The monoisotopic (exact) mass is 248 g/mol. The molecule has 1 amide bonds. The molecule has 18 heavy (non-hydrogen) atoms. The van der Waals surface area contributed by atoms with Crippen LogP contribution in [0.1, 0.15) is 39.4 Å². The summed E-state index contributed by atoms with van der Waals surface area (Å²) in [6.07, 6.45) is 3.04. The lowest BCUT2D eigenvalue weighted by atomic mass is 10.1. The Hall–Kier alpha value is -1.42. The molecule has 0 radical (unpaired) electrons. The molecule has 2 rings (SSSR count). The van der Waals surface area contributed by atoms with E-state index in [1.54, 1.807) is 5.01 Å². The summed E-state index contributed by atoms with van der Waals surface area (Å²) in [5.41, 5.74) is 5.43. The Kier molecular flexibility index (Phi) is 3.66. The van der Waals surface area contributed by atoms with Gasteiger partial charge in [0.05, 0.1) is 0 Å². The standard InChI is InChI=1S/C14H22N3O/c1-10(2)14(18)17-13-6-5-9-16(11(3)4)12(13)7-8-15-17/h5-6,9-11,15H,7-8H2,1-4H3/q+1. The Morgan fingerprint density at radius 3 is 2.72 bits per heavy atom. The van der Waals surface area contributed by atoms with E-state index in [9.17, 15) is 4.79 Å². The molecule has 0 aliphatic carbocycles. The fraction of sp³-hybridized carbons (Fsp3) is 0.571. The molecule has 1 aromatic rings. The van der Waals surface area contributed by atoms with Crippen molar-refractivity contribution < 1.29 is 9.36 Å². The van der Waals surface area contributed by atoms with Crippen LogP contribution in [0.5, 0.6) is 0 Å². The van der Waals surface area contributed by atoms with Crippen LogP contribution in [0.25, 0.3) is 0 Å². The minimum atomic E-state index is -0.00356. The number of pyridine rings is 1. The van der Waals surface area contributed by atoms with Crippen molar-refractivity contribution in [2.45, 2.75) is 40.2 Å². The van der Waals surface area contributed by atoms with Crippen molar-refractivity contribution in [1.29, 1.82) is 0 Å². The number of hydrogen-bond donors (Lipinski definition) is 1.